The molecule has 1 fully saturated rings. The van der Waals surface area contributed by atoms with Gasteiger partial charge in [0.25, 0.3) is 0 Å². The minimum atomic E-state index is 0.0662. The van der Waals surface area contributed by atoms with Crippen LogP contribution in [0.4, 0.5) is 0 Å². The van der Waals surface area contributed by atoms with E-state index in [1.54, 1.807) is 11.3 Å². The van der Waals surface area contributed by atoms with E-state index in [4.69, 9.17) is 4.74 Å². The molecular formula is C13H21NOS. The van der Waals surface area contributed by atoms with Gasteiger partial charge in [-0.05, 0) is 48.7 Å². The molecule has 0 radical (unpaired) electrons. The molecule has 0 saturated heterocycles. The summed E-state index contributed by atoms with van der Waals surface area (Å²) in [4.78, 5) is 0. The summed E-state index contributed by atoms with van der Waals surface area (Å²) in [6, 6.07) is 2.66. The molecular weight excluding hydrogens is 218 g/mol. The second-order valence-electron chi connectivity index (χ2n) is 4.65. The molecule has 0 aliphatic heterocycles. The summed E-state index contributed by atoms with van der Waals surface area (Å²) in [7, 11) is 3.92. The lowest BCUT2D eigenvalue weighted by atomic mass is 9.88. The van der Waals surface area contributed by atoms with Crippen molar-refractivity contribution in [1.29, 1.82) is 0 Å². The maximum absolute atomic E-state index is 5.84. The first-order valence-electron chi connectivity index (χ1n) is 6.04. The first-order valence-corrected chi connectivity index (χ1v) is 6.98. The zero-order valence-corrected chi connectivity index (χ0v) is 11.0. The van der Waals surface area contributed by atoms with Gasteiger partial charge < -0.3 is 10.1 Å². The number of hydrogen-bond acceptors (Lipinski definition) is 3. The first-order chi connectivity index (χ1) is 7.80. The number of hydrogen-bond donors (Lipinski definition) is 1. The molecule has 0 aromatic carbocycles. The molecule has 1 heterocycles. The van der Waals surface area contributed by atoms with Crippen LogP contribution in [0.25, 0.3) is 0 Å². The summed E-state index contributed by atoms with van der Waals surface area (Å²) >= 11 is 1.77. The van der Waals surface area contributed by atoms with Crippen LogP contribution in [0.3, 0.4) is 0 Å². The molecule has 0 bridgehead atoms. The van der Waals surface area contributed by atoms with Gasteiger partial charge in [-0.25, -0.2) is 0 Å². The Morgan fingerprint density at radius 3 is 2.75 bits per heavy atom. The van der Waals surface area contributed by atoms with Crippen LogP contribution in [-0.2, 0) is 11.2 Å². The monoisotopic (exact) mass is 239 g/mol. The molecule has 1 aliphatic carbocycles. The highest BCUT2D eigenvalue weighted by molar-refractivity contribution is 7.07. The van der Waals surface area contributed by atoms with Crippen LogP contribution >= 0.6 is 11.3 Å². The Kier molecular flexibility index (Phi) is 4.00. The van der Waals surface area contributed by atoms with Crippen LogP contribution in [0.15, 0.2) is 16.8 Å². The molecule has 1 N–H and O–H groups in total. The maximum atomic E-state index is 5.84. The molecule has 0 amide bonds. The highest BCUT2D eigenvalue weighted by Gasteiger charge is 2.40. The van der Waals surface area contributed by atoms with Crippen LogP contribution in [0.1, 0.15) is 31.2 Å². The first kappa shape index (κ1) is 12.1. The highest BCUT2D eigenvalue weighted by Crippen LogP contribution is 2.36. The minimum Gasteiger partial charge on any atom is -0.377 e. The van der Waals surface area contributed by atoms with E-state index in [-0.39, 0.29) is 5.60 Å². The molecule has 3 heteroatoms. The standard InChI is InChI=1S/C13H21NOS/c1-14-12(9-11-5-8-16-10-11)13(15-2)6-3-4-7-13/h5,8,10,12,14H,3-4,6-7,9H2,1-2H3. The zero-order chi connectivity index (χ0) is 11.4. The molecule has 1 aromatic rings. The van der Waals surface area contributed by atoms with E-state index in [1.165, 1.54) is 31.2 Å². The summed E-state index contributed by atoms with van der Waals surface area (Å²) in [5.41, 5.74) is 1.49. The summed E-state index contributed by atoms with van der Waals surface area (Å²) in [5, 5.41) is 7.84. The van der Waals surface area contributed by atoms with Crippen molar-refractivity contribution in [2.24, 2.45) is 0 Å². The zero-order valence-electron chi connectivity index (χ0n) is 10.2. The minimum absolute atomic E-state index is 0.0662. The second-order valence-corrected chi connectivity index (χ2v) is 5.43. The lowest BCUT2D eigenvalue weighted by Gasteiger charge is -2.36. The Balaban J connectivity index is 2.08. The van der Waals surface area contributed by atoms with E-state index < -0.39 is 0 Å². The fourth-order valence-corrected chi connectivity index (χ4v) is 3.55. The van der Waals surface area contributed by atoms with E-state index in [2.05, 4.69) is 29.2 Å². The van der Waals surface area contributed by atoms with Crippen molar-refractivity contribution in [3.8, 4) is 0 Å². The molecule has 90 valence electrons. The van der Waals surface area contributed by atoms with Gasteiger partial charge in [-0.15, -0.1) is 0 Å². The third-order valence-corrected chi connectivity index (χ3v) is 4.59. The van der Waals surface area contributed by atoms with E-state index >= 15 is 0 Å². The highest BCUT2D eigenvalue weighted by atomic mass is 32.1. The van der Waals surface area contributed by atoms with Gasteiger partial charge >= 0.3 is 0 Å². The Morgan fingerprint density at radius 2 is 2.25 bits per heavy atom. The molecule has 0 spiro atoms. The largest absolute Gasteiger partial charge is 0.377 e. The van der Waals surface area contributed by atoms with Gasteiger partial charge in [-0.3, -0.25) is 0 Å². The number of nitrogens with one attached hydrogen (secondary N) is 1. The Hall–Kier alpha value is -0.380. The van der Waals surface area contributed by atoms with Crippen LogP contribution < -0.4 is 5.32 Å². The quantitative estimate of drug-likeness (QED) is 0.853. The van der Waals surface area contributed by atoms with Crippen LogP contribution in [-0.4, -0.2) is 25.8 Å². The van der Waals surface area contributed by atoms with Crippen molar-refractivity contribution in [2.75, 3.05) is 14.2 Å². The predicted molar refractivity (Wildman–Crippen MR) is 69.1 cm³/mol. The molecule has 1 saturated carbocycles. The Morgan fingerprint density at radius 1 is 1.50 bits per heavy atom. The number of likely N-dealkylation sites (N-methyl/N-ethyl adjacent to an activating group) is 1. The topological polar surface area (TPSA) is 21.3 Å². The fraction of sp³-hybridized carbons (Fsp3) is 0.692. The van der Waals surface area contributed by atoms with Crippen molar-refractivity contribution in [3.05, 3.63) is 22.4 Å². The maximum Gasteiger partial charge on any atom is 0.0834 e. The SMILES string of the molecule is CNC(Cc1ccsc1)C1(OC)CCCC1. The summed E-state index contributed by atoms with van der Waals surface area (Å²) < 4.78 is 5.84. The third kappa shape index (κ3) is 2.31. The van der Waals surface area contributed by atoms with Gasteiger partial charge in [0.15, 0.2) is 0 Å². The summed E-state index contributed by atoms with van der Waals surface area (Å²) in [6.45, 7) is 0. The van der Waals surface area contributed by atoms with Gasteiger partial charge in [0.2, 0.25) is 0 Å². The lowest BCUT2D eigenvalue weighted by Crippen LogP contribution is -2.50. The van der Waals surface area contributed by atoms with Gasteiger partial charge in [0, 0.05) is 13.2 Å². The van der Waals surface area contributed by atoms with Gasteiger partial charge in [0.1, 0.15) is 0 Å². The average Bonchev–Trinajstić information content (AvgIpc) is 2.97. The molecule has 2 nitrogen and oxygen atoms in total. The predicted octanol–water partition coefficient (Wildman–Crippen LogP) is 2.84. The Bertz CT molecular complexity index is 304. The van der Waals surface area contributed by atoms with Crippen molar-refractivity contribution >= 4 is 11.3 Å². The molecule has 1 aliphatic rings. The third-order valence-electron chi connectivity index (χ3n) is 3.86. The van der Waals surface area contributed by atoms with Crippen molar-refractivity contribution < 1.29 is 4.74 Å². The number of thiophene rings is 1. The van der Waals surface area contributed by atoms with Gasteiger partial charge in [0.05, 0.1) is 5.60 Å². The Labute approximate surface area is 102 Å². The molecule has 2 rings (SSSR count). The van der Waals surface area contributed by atoms with E-state index in [9.17, 15) is 0 Å². The molecule has 1 aromatic heterocycles. The van der Waals surface area contributed by atoms with Crippen molar-refractivity contribution in [2.45, 2.75) is 43.7 Å². The van der Waals surface area contributed by atoms with Crippen LogP contribution in [0.5, 0.6) is 0 Å². The second kappa shape index (κ2) is 5.30. The number of rotatable bonds is 5. The van der Waals surface area contributed by atoms with Gasteiger partial charge in [-0.1, -0.05) is 12.8 Å². The van der Waals surface area contributed by atoms with E-state index in [0.29, 0.717) is 6.04 Å². The summed E-state index contributed by atoms with van der Waals surface area (Å²) in [5.74, 6) is 0. The van der Waals surface area contributed by atoms with E-state index in [0.717, 1.165) is 6.42 Å². The number of methoxy groups -OCH3 is 1. The van der Waals surface area contributed by atoms with Crippen molar-refractivity contribution in [3.63, 3.8) is 0 Å². The lowest BCUT2D eigenvalue weighted by molar-refractivity contribution is -0.0336. The molecule has 16 heavy (non-hydrogen) atoms. The fourth-order valence-electron chi connectivity index (χ4n) is 2.86. The number of ether oxygens (including phenoxy) is 1. The smallest absolute Gasteiger partial charge is 0.0834 e. The normalized spacial score (nSPS) is 21.1. The van der Waals surface area contributed by atoms with Crippen molar-refractivity contribution in [1.82, 2.24) is 5.32 Å². The van der Waals surface area contributed by atoms with Crippen LogP contribution in [0.2, 0.25) is 0 Å². The molecule has 1 unspecified atom stereocenters. The molecule has 1 atom stereocenters. The summed E-state index contributed by atoms with van der Waals surface area (Å²) in [6.07, 6.45) is 6.07. The van der Waals surface area contributed by atoms with Gasteiger partial charge in [-0.2, -0.15) is 11.3 Å². The average molecular weight is 239 g/mol. The van der Waals surface area contributed by atoms with Crippen LogP contribution in [0, 0.1) is 0 Å². The van der Waals surface area contributed by atoms with E-state index in [1.807, 2.05) is 7.11 Å².